The number of nitrogens with one attached hydrogen (secondary N) is 3. The quantitative estimate of drug-likeness (QED) is 0.506. The largest absolute Gasteiger partial charge is 0.350 e. The zero-order valence-corrected chi connectivity index (χ0v) is 19.7. The standard InChI is InChI=1S/C21H25Cl2N3O4S/c1-13(2)26-31(29,30)12-16-8-5-4-7-15(16)11-24-20(27)14(3)25-21(28)17-9-6-10-18(22)19(17)23/h4-10,13-14,26H,11-12H2,1-3H3,(H,24,27)(H,25,28). The summed E-state index contributed by atoms with van der Waals surface area (Å²) in [4.78, 5) is 24.9. The van der Waals surface area contributed by atoms with E-state index in [-0.39, 0.29) is 33.9 Å². The van der Waals surface area contributed by atoms with E-state index in [9.17, 15) is 18.0 Å². The Hall–Kier alpha value is -2.13. The number of hydrogen-bond acceptors (Lipinski definition) is 4. The first-order valence-electron chi connectivity index (χ1n) is 9.59. The summed E-state index contributed by atoms with van der Waals surface area (Å²) in [5.41, 5.74) is 1.42. The lowest BCUT2D eigenvalue weighted by Crippen LogP contribution is -2.44. The molecule has 0 heterocycles. The number of benzene rings is 2. The van der Waals surface area contributed by atoms with Crippen molar-refractivity contribution in [1.29, 1.82) is 0 Å². The van der Waals surface area contributed by atoms with Crippen LogP contribution in [0.25, 0.3) is 0 Å². The van der Waals surface area contributed by atoms with Crippen LogP contribution in [0.3, 0.4) is 0 Å². The number of rotatable bonds is 9. The Kier molecular flexibility index (Phi) is 8.88. The number of halogens is 2. The van der Waals surface area contributed by atoms with E-state index in [1.807, 2.05) is 0 Å². The number of amides is 2. The summed E-state index contributed by atoms with van der Waals surface area (Å²) in [7, 11) is -3.51. The Bertz CT molecular complexity index is 1060. The Morgan fingerprint density at radius 2 is 1.61 bits per heavy atom. The predicted molar refractivity (Wildman–Crippen MR) is 123 cm³/mol. The van der Waals surface area contributed by atoms with E-state index in [0.717, 1.165) is 0 Å². The highest BCUT2D eigenvalue weighted by Gasteiger charge is 2.20. The molecular weight excluding hydrogens is 461 g/mol. The van der Waals surface area contributed by atoms with Gasteiger partial charge < -0.3 is 10.6 Å². The molecule has 1 atom stereocenters. The van der Waals surface area contributed by atoms with E-state index in [0.29, 0.717) is 11.1 Å². The lowest BCUT2D eigenvalue weighted by Gasteiger charge is -2.16. The van der Waals surface area contributed by atoms with Crippen molar-refractivity contribution < 1.29 is 18.0 Å². The second-order valence-corrected chi connectivity index (χ2v) is 9.85. The molecule has 0 aliphatic heterocycles. The number of hydrogen-bond donors (Lipinski definition) is 3. The van der Waals surface area contributed by atoms with Gasteiger partial charge in [-0.05, 0) is 44.0 Å². The van der Waals surface area contributed by atoms with E-state index < -0.39 is 27.9 Å². The Morgan fingerprint density at radius 3 is 2.26 bits per heavy atom. The Morgan fingerprint density at radius 1 is 0.968 bits per heavy atom. The smallest absolute Gasteiger partial charge is 0.253 e. The fourth-order valence-electron chi connectivity index (χ4n) is 2.83. The normalized spacial score (nSPS) is 12.5. The van der Waals surface area contributed by atoms with E-state index >= 15 is 0 Å². The summed E-state index contributed by atoms with van der Waals surface area (Å²) in [5.74, 6) is -1.15. The summed E-state index contributed by atoms with van der Waals surface area (Å²) >= 11 is 12.0. The second kappa shape index (κ2) is 10.9. The van der Waals surface area contributed by atoms with Crippen molar-refractivity contribution in [2.45, 2.75) is 45.2 Å². The average molecular weight is 486 g/mol. The van der Waals surface area contributed by atoms with Crippen molar-refractivity contribution in [2.75, 3.05) is 0 Å². The molecule has 0 fully saturated rings. The van der Waals surface area contributed by atoms with E-state index in [1.165, 1.54) is 13.0 Å². The molecule has 2 amide bonds. The molecule has 1 unspecified atom stereocenters. The fraction of sp³-hybridized carbons (Fsp3) is 0.333. The van der Waals surface area contributed by atoms with Crippen molar-refractivity contribution >= 4 is 45.0 Å². The van der Waals surface area contributed by atoms with Gasteiger partial charge in [0.2, 0.25) is 15.9 Å². The zero-order valence-electron chi connectivity index (χ0n) is 17.4. The van der Waals surface area contributed by atoms with Gasteiger partial charge in [-0.3, -0.25) is 9.59 Å². The molecule has 3 N–H and O–H groups in total. The topological polar surface area (TPSA) is 104 Å². The highest BCUT2D eigenvalue weighted by atomic mass is 35.5. The lowest BCUT2D eigenvalue weighted by atomic mass is 10.1. The molecule has 0 spiro atoms. The van der Waals surface area contributed by atoms with E-state index in [4.69, 9.17) is 23.2 Å². The molecule has 10 heteroatoms. The molecule has 31 heavy (non-hydrogen) atoms. The minimum absolute atomic E-state index is 0.111. The summed E-state index contributed by atoms with van der Waals surface area (Å²) in [6, 6.07) is 10.6. The van der Waals surface area contributed by atoms with Gasteiger partial charge in [-0.2, -0.15) is 0 Å². The highest BCUT2D eigenvalue weighted by Crippen LogP contribution is 2.25. The Balaban J connectivity index is 2.01. The molecule has 168 valence electrons. The van der Waals surface area contributed by atoms with Gasteiger partial charge in [-0.1, -0.05) is 53.5 Å². The number of sulfonamides is 1. The van der Waals surface area contributed by atoms with Gasteiger partial charge in [0, 0.05) is 12.6 Å². The van der Waals surface area contributed by atoms with Gasteiger partial charge in [-0.15, -0.1) is 0 Å². The third kappa shape index (κ3) is 7.50. The second-order valence-electron chi connectivity index (χ2n) is 7.31. The van der Waals surface area contributed by atoms with Crippen LogP contribution in [0.5, 0.6) is 0 Å². The van der Waals surface area contributed by atoms with E-state index in [2.05, 4.69) is 15.4 Å². The van der Waals surface area contributed by atoms with Crippen LogP contribution in [-0.4, -0.2) is 32.3 Å². The first-order chi connectivity index (χ1) is 14.5. The van der Waals surface area contributed by atoms with Crippen LogP contribution in [-0.2, 0) is 27.1 Å². The van der Waals surface area contributed by atoms with Gasteiger partial charge in [0.05, 0.1) is 21.4 Å². The summed E-state index contributed by atoms with van der Waals surface area (Å²) < 4.78 is 27.0. The molecule has 0 aliphatic rings. The van der Waals surface area contributed by atoms with Crippen LogP contribution in [0.4, 0.5) is 0 Å². The molecule has 0 bridgehead atoms. The van der Waals surface area contributed by atoms with Crippen LogP contribution in [0.1, 0.15) is 42.3 Å². The van der Waals surface area contributed by atoms with Crippen LogP contribution in [0.2, 0.25) is 10.0 Å². The molecule has 2 aromatic rings. The maximum Gasteiger partial charge on any atom is 0.253 e. The minimum atomic E-state index is -3.51. The molecule has 7 nitrogen and oxygen atoms in total. The van der Waals surface area contributed by atoms with Crippen LogP contribution in [0, 0.1) is 0 Å². The van der Waals surface area contributed by atoms with Gasteiger partial charge in [0.25, 0.3) is 5.91 Å². The third-order valence-electron chi connectivity index (χ3n) is 4.27. The number of carbonyl (C=O) groups excluding carboxylic acids is 2. The Labute approximate surface area is 192 Å². The van der Waals surface area contributed by atoms with Gasteiger partial charge >= 0.3 is 0 Å². The molecule has 0 aliphatic carbocycles. The van der Waals surface area contributed by atoms with Crippen LogP contribution in [0.15, 0.2) is 42.5 Å². The molecule has 0 aromatic heterocycles. The van der Waals surface area contributed by atoms with Gasteiger partial charge in [-0.25, -0.2) is 13.1 Å². The van der Waals surface area contributed by atoms with Crippen molar-refractivity contribution in [3.05, 3.63) is 69.2 Å². The lowest BCUT2D eigenvalue weighted by molar-refractivity contribution is -0.122. The zero-order chi connectivity index (χ0) is 23.2. The summed E-state index contributed by atoms with van der Waals surface area (Å²) in [6.45, 7) is 5.14. The molecule has 2 aromatic carbocycles. The molecule has 2 rings (SSSR count). The van der Waals surface area contributed by atoms with E-state index in [1.54, 1.807) is 50.2 Å². The molecule has 0 saturated carbocycles. The van der Waals surface area contributed by atoms with Crippen molar-refractivity contribution in [3.8, 4) is 0 Å². The monoisotopic (exact) mass is 485 g/mol. The van der Waals surface area contributed by atoms with Crippen molar-refractivity contribution in [3.63, 3.8) is 0 Å². The highest BCUT2D eigenvalue weighted by molar-refractivity contribution is 7.88. The van der Waals surface area contributed by atoms with Crippen LogP contribution >= 0.6 is 23.2 Å². The van der Waals surface area contributed by atoms with Crippen molar-refractivity contribution in [1.82, 2.24) is 15.4 Å². The molecule has 0 saturated heterocycles. The first-order valence-corrected chi connectivity index (χ1v) is 12.0. The summed E-state index contributed by atoms with van der Waals surface area (Å²) in [6.07, 6.45) is 0. The fourth-order valence-corrected chi connectivity index (χ4v) is 4.71. The average Bonchev–Trinajstić information content (AvgIpc) is 2.67. The van der Waals surface area contributed by atoms with Crippen molar-refractivity contribution in [2.24, 2.45) is 0 Å². The summed E-state index contributed by atoms with van der Waals surface area (Å²) in [5, 5.41) is 5.65. The maximum atomic E-state index is 12.5. The van der Waals surface area contributed by atoms with Gasteiger partial charge in [0.15, 0.2) is 0 Å². The molecular formula is C21H25Cl2N3O4S. The predicted octanol–water partition coefficient (Wildman–Crippen LogP) is 3.26. The SMILES string of the molecule is CC(C)NS(=O)(=O)Cc1ccccc1CNC(=O)C(C)NC(=O)c1cccc(Cl)c1Cl. The maximum absolute atomic E-state index is 12.5. The molecule has 0 radical (unpaired) electrons. The first kappa shape index (κ1) is 25.1. The van der Waals surface area contributed by atoms with Gasteiger partial charge in [0.1, 0.15) is 6.04 Å². The third-order valence-corrected chi connectivity index (χ3v) is 6.61. The van der Waals surface area contributed by atoms with Crippen LogP contribution < -0.4 is 15.4 Å². The minimum Gasteiger partial charge on any atom is -0.350 e. The number of carbonyl (C=O) groups is 2.